The normalized spacial score (nSPS) is 11.8. The Bertz CT molecular complexity index is 1380. The molecule has 0 saturated heterocycles. The van der Waals surface area contributed by atoms with Crippen molar-refractivity contribution in [2.24, 2.45) is 0 Å². The lowest BCUT2D eigenvalue weighted by Crippen LogP contribution is -2.21. The molecule has 0 aliphatic heterocycles. The van der Waals surface area contributed by atoms with Crippen LogP contribution in [0.1, 0.15) is 27.6 Å². The average molecular weight is 432 g/mol. The van der Waals surface area contributed by atoms with Gasteiger partial charge in [-0.2, -0.15) is 5.26 Å². The zero-order valence-corrected chi connectivity index (χ0v) is 18.2. The zero-order valence-electron chi connectivity index (χ0n) is 17.4. The van der Waals surface area contributed by atoms with Crippen molar-refractivity contribution in [3.63, 3.8) is 0 Å². The van der Waals surface area contributed by atoms with E-state index in [1.165, 1.54) is 15.8 Å². The predicted molar refractivity (Wildman–Crippen MR) is 131 cm³/mol. The van der Waals surface area contributed by atoms with E-state index in [0.717, 1.165) is 22.1 Å². The fraction of sp³-hybridized carbons (Fsp3) is 0.0714. The van der Waals surface area contributed by atoms with E-state index in [1.54, 1.807) is 11.3 Å². The number of nitriles is 1. The van der Waals surface area contributed by atoms with Crippen LogP contribution in [-0.4, -0.2) is 4.98 Å². The first-order chi connectivity index (χ1) is 15.8. The molecular formula is C28H21N3S. The number of fused-ring (bicyclic) bond motifs is 1. The fourth-order valence-corrected chi connectivity index (χ4v) is 4.82. The van der Waals surface area contributed by atoms with Gasteiger partial charge in [-0.05, 0) is 39.6 Å². The molecular weight excluding hydrogens is 410 g/mol. The quantitative estimate of drug-likeness (QED) is 0.325. The molecule has 1 N–H and O–H groups in total. The Labute approximate surface area is 191 Å². The Hall–Kier alpha value is -3.78. The summed E-state index contributed by atoms with van der Waals surface area (Å²) in [5.74, 6) is 0. The van der Waals surface area contributed by atoms with Crippen LogP contribution in [0.4, 0.5) is 0 Å². The predicted octanol–water partition coefficient (Wildman–Crippen LogP) is 6.71. The maximum Gasteiger partial charge on any atom is 0.0998 e. The standard InChI is InChI=1S/C28H21N3S/c29-16-23-14-13-20(15-26(23)25-12-6-10-21-7-4-5-11-24(21)25)17-31-28(27-18-30-19-32-27)22-8-2-1-3-9-22/h1-15,18-19,28,31H,17H2. The van der Waals surface area contributed by atoms with Crippen LogP contribution in [0.15, 0.2) is 103 Å². The molecule has 0 radical (unpaired) electrons. The highest BCUT2D eigenvalue weighted by Gasteiger charge is 2.16. The molecule has 0 aliphatic carbocycles. The summed E-state index contributed by atoms with van der Waals surface area (Å²) in [5.41, 5.74) is 6.96. The molecule has 5 aromatic rings. The first-order valence-corrected chi connectivity index (χ1v) is 11.4. The largest absolute Gasteiger partial charge is 0.301 e. The van der Waals surface area contributed by atoms with E-state index in [2.05, 4.69) is 77.0 Å². The van der Waals surface area contributed by atoms with Crippen molar-refractivity contribution in [2.75, 3.05) is 0 Å². The molecule has 32 heavy (non-hydrogen) atoms. The molecule has 0 spiro atoms. The summed E-state index contributed by atoms with van der Waals surface area (Å²) < 4.78 is 0. The SMILES string of the molecule is N#Cc1ccc(CNC(c2ccccc2)c2cncs2)cc1-c1cccc2ccccc12. The van der Waals surface area contributed by atoms with Gasteiger partial charge in [0.2, 0.25) is 0 Å². The van der Waals surface area contributed by atoms with Gasteiger partial charge in [-0.15, -0.1) is 11.3 Å². The zero-order chi connectivity index (χ0) is 21.8. The molecule has 0 fully saturated rings. The van der Waals surface area contributed by atoms with Gasteiger partial charge in [-0.1, -0.05) is 78.9 Å². The fourth-order valence-electron chi connectivity index (χ4n) is 4.10. The Kier molecular flexibility index (Phi) is 5.76. The first kappa shape index (κ1) is 20.1. The van der Waals surface area contributed by atoms with Gasteiger partial charge >= 0.3 is 0 Å². The maximum atomic E-state index is 9.76. The molecule has 0 amide bonds. The van der Waals surface area contributed by atoms with Crippen molar-refractivity contribution in [3.05, 3.63) is 124 Å². The molecule has 0 aliphatic rings. The first-order valence-electron chi connectivity index (χ1n) is 10.5. The highest BCUT2D eigenvalue weighted by atomic mass is 32.1. The van der Waals surface area contributed by atoms with Crippen LogP contribution in [0.5, 0.6) is 0 Å². The van der Waals surface area contributed by atoms with E-state index in [0.29, 0.717) is 12.1 Å². The smallest absolute Gasteiger partial charge is 0.0998 e. The number of benzene rings is 4. The molecule has 4 aromatic carbocycles. The Balaban J connectivity index is 1.49. The van der Waals surface area contributed by atoms with Gasteiger partial charge in [0.05, 0.1) is 23.2 Å². The lowest BCUT2D eigenvalue weighted by atomic mass is 9.93. The number of thiazole rings is 1. The molecule has 3 nitrogen and oxygen atoms in total. The molecule has 0 bridgehead atoms. The molecule has 5 rings (SSSR count). The maximum absolute atomic E-state index is 9.76. The highest BCUT2D eigenvalue weighted by molar-refractivity contribution is 7.09. The van der Waals surface area contributed by atoms with E-state index in [4.69, 9.17) is 0 Å². The number of hydrogen-bond donors (Lipinski definition) is 1. The molecule has 154 valence electrons. The van der Waals surface area contributed by atoms with Crippen LogP contribution in [0.2, 0.25) is 0 Å². The van der Waals surface area contributed by atoms with E-state index in [-0.39, 0.29) is 6.04 Å². The summed E-state index contributed by atoms with van der Waals surface area (Å²) in [4.78, 5) is 5.45. The minimum atomic E-state index is 0.0698. The van der Waals surface area contributed by atoms with Crippen molar-refractivity contribution < 1.29 is 0 Å². The van der Waals surface area contributed by atoms with Gasteiger partial charge in [0, 0.05) is 23.2 Å². The number of hydrogen-bond acceptors (Lipinski definition) is 4. The van der Waals surface area contributed by atoms with E-state index in [1.807, 2.05) is 42.0 Å². The summed E-state index contributed by atoms with van der Waals surface area (Å²) in [6.07, 6.45) is 1.93. The summed E-state index contributed by atoms with van der Waals surface area (Å²) in [6, 6.07) is 33.5. The number of aromatic nitrogens is 1. The van der Waals surface area contributed by atoms with Crippen LogP contribution < -0.4 is 5.32 Å². The second kappa shape index (κ2) is 9.15. The lowest BCUT2D eigenvalue weighted by molar-refractivity contribution is 0.612. The molecule has 4 heteroatoms. The van der Waals surface area contributed by atoms with E-state index < -0.39 is 0 Å². The van der Waals surface area contributed by atoms with Crippen molar-refractivity contribution >= 4 is 22.1 Å². The second-order valence-electron chi connectivity index (χ2n) is 7.65. The Morgan fingerprint density at radius 2 is 1.69 bits per heavy atom. The van der Waals surface area contributed by atoms with Crippen LogP contribution in [0.25, 0.3) is 21.9 Å². The molecule has 1 unspecified atom stereocenters. The van der Waals surface area contributed by atoms with E-state index >= 15 is 0 Å². The van der Waals surface area contributed by atoms with Crippen molar-refractivity contribution in [1.82, 2.24) is 10.3 Å². The Morgan fingerprint density at radius 1 is 0.875 bits per heavy atom. The summed E-state index contributed by atoms with van der Waals surface area (Å²) in [7, 11) is 0. The highest BCUT2D eigenvalue weighted by Crippen LogP contribution is 2.32. The van der Waals surface area contributed by atoms with E-state index in [9.17, 15) is 5.26 Å². The topological polar surface area (TPSA) is 48.7 Å². The van der Waals surface area contributed by atoms with Gasteiger partial charge in [-0.3, -0.25) is 4.98 Å². The molecule has 1 heterocycles. The summed E-state index contributed by atoms with van der Waals surface area (Å²) in [5, 5.41) is 15.8. The number of rotatable bonds is 6. The molecule has 1 aromatic heterocycles. The van der Waals surface area contributed by atoms with Crippen LogP contribution in [0.3, 0.4) is 0 Å². The minimum absolute atomic E-state index is 0.0698. The van der Waals surface area contributed by atoms with Gasteiger partial charge in [0.1, 0.15) is 0 Å². The lowest BCUT2D eigenvalue weighted by Gasteiger charge is -2.18. The number of nitrogens with one attached hydrogen (secondary N) is 1. The third-order valence-corrected chi connectivity index (χ3v) is 6.50. The monoisotopic (exact) mass is 431 g/mol. The van der Waals surface area contributed by atoms with Crippen LogP contribution >= 0.6 is 11.3 Å². The summed E-state index contributed by atoms with van der Waals surface area (Å²) in [6.45, 7) is 0.681. The van der Waals surface area contributed by atoms with Gasteiger partial charge in [0.15, 0.2) is 0 Å². The van der Waals surface area contributed by atoms with Crippen molar-refractivity contribution in [2.45, 2.75) is 12.6 Å². The third-order valence-electron chi connectivity index (χ3n) is 5.66. The third kappa shape index (κ3) is 4.04. The minimum Gasteiger partial charge on any atom is -0.301 e. The second-order valence-corrected chi connectivity index (χ2v) is 8.56. The average Bonchev–Trinajstić information content (AvgIpc) is 3.39. The van der Waals surface area contributed by atoms with Gasteiger partial charge in [-0.25, -0.2) is 0 Å². The Morgan fingerprint density at radius 3 is 2.50 bits per heavy atom. The van der Waals surface area contributed by atoms with Gasteiger partial charge < -0.3 is 5.32 Å². The van der Waals surface area contributed by atoms with Crippen molar-refractivity contribution in [3.8, 4) is 17.2 Å². The molecule has 1 atom stereocenters. The van der Waals surface area contributed by atoms with Gasteiger partial charge in [0.25, 0.3) is 0 Å². The molecule has 0 saturated carbocycles. The van der Waals surface area contributed by atoms with Crippen LogP contribution in [-0.2, 0) is 6.54 Å². The summed E-state index contributed by atoms with van der Waals surface area (Å²) >= 11 is 1.65. The van der Waals surface area contributed by atoms with Crippen molar-refractivity contribution in [1.29, 1.82) is 5.26 Å². The number of nitrogens with zero attached hydrogens (tertiary/aromatic N) is 2. The van der Waals surface area contributed by atoms with Crippen LogP contribution in [0, 0.1) is 11.3 Å².